The third-order valence-electron chi connectivity index (χ3n) is 1.89. The van der Waals surface area contributed by atoms with Crippen molar-refractivity contribution in [1.82, 2.24) is 0 Å². The van der Waals surface area contributed by atoms with Gasteiger partial charge in [0.25, 0.3) is 0 Å². The maximum Gasteiger partial charge on any atom is 0.0276 e. The van der Waals surface area contributed by atoms with Crippen LogP contribution in [0.1, 0.15) is 18.9 Å². The van der Waals surface area contributed by atoms with E-state index in [1.165, 1.54) is 11.1 Å². The molecule has 0 aromatic heterocycles. The van der Waals surface area contributed by atoms with Gasteiger partial charge in [0.1, 0.15) is 0 Å². The normalized spacial score (nSPS) is 11.6. The highest BCUT2D eigenvalue weighted by Crippen LogP contribution is 2.15. The van der Waals surface area contributed by atoms with Crippen molar-refractivity contribution in [2.45, 2.75) is 13.3 Å². The van der Waals surface area contributed by atoms with Crippen LogP contribution in [0.25, 0.3) is 5.57 Å². The number of terminal acetylenes is 1. The maximum absolute atomic E-state index is 5.23. The Morgan fingerprint density at radius 2 is 2.07 bits per heavy atom. The van der Waals surface area contributed by atoms with Crippen LogP contribution in [0, 0.1) is 12.3 Å². The van der Waals surface area contributed by atoms with E-state index >= 15 is 0 Å². The molecule has 0 bridgehead atoms. The summed E-state index contributed by atoms with van der Waals surface area (Å²) in [7, 11) is 0. The minimum Gasteiger partial charge on any atom is -0.120 e. The SMILES string of the molecule is C#CC/C=C(\C=C/C)c1ccccc1. The van der Waals surface area contributed by atoms with Crippen molar-refractivity contribution in [3.63, 3.8) is 0 Å². The first-order valence-electron chi connectivity index (χ1n) is 4.70. The first-order chi connectivity index (χ1) is 6.88. The van der Waals surface area contributed by atoms with E-state index in [-0.39, 0.29) is 0 Å². The van der Waals surface area contributed by atoms with Crippen LogP contribution < -0.4 is 0 Å². The zero-order valence-corrected chi connectivity index (χ0v) is 8.40. The van der Waals surface area contributed by atoms with Gasteiger partial charge in [-0.05, 0) is 18.1 Å². The Morgan fingerprint density at radius 1 is 1.36 bits per heavy atom. The molecule has 0 aliphatic carbocycles. The van der Waals surface area contributed by atoms with Crippen molar-refractivity contribution in [1.29, 1.82) is 0 Å². The van der Waals surface area contributed by atoms with Crippen molar-refractivity contribution >= 4 is 5.57 Å². The molecule has 0 saturated heterocycles. The van der Waals surface area contributed by atoms with Gasteiger partial charge in [-0.15, -0.1) is 12.3 Å². The molecule has 1 rings (SSSR count). The van der Waals surface area contributed by atoms with Crippen LogP contribution >= 0.6 is 0 Å². The highest BCUT2D eigenvalue weighted by atomic mass is 14.0. The van der Waals surface area contributed by atoms with E-state index in [1.54, 1.807) is 0 Å². The zero-order chi connectivity index (χ0) is 10.2. The molecule has 0 amide bonds. The number of rotatable bonds is 3. The third kappa shape index (κ3) is 2.95. The average Bonchev–Trinajstić information content (AvgIpc) is 2.25. The van der Waals surface area contributed by atoms with Crippen LogP contribution in [-0.2, 0) is 0 Å². The molecule has 0 N–H and O–H groups in total. The lowest BCUT2D eigenvalue weighted by Gasteiger charge is -2.00. The highest BCUT2D eigenvalue weighted by Gasteiger charge is 1.94. The van der Waals surface area contributed by atoms with E-state index in [1.807, 2.05) is 31.2 Å². The summed E-state index contributed by atoms with van der Waals surface area (Å²) < 4.78 is 0. The van der Waals surface area contributed by atoms with Crippen molar-refractivity contribution in [2.24, 2.45) is 0 Å². The Labute approximate surface area is 86.0 Å². The van der Waals surface area contributed by atoms with Gasteiger partial charge in [-0.2, -0.15) is 0 Å². The molecule has 0 fully saturated rings. The van der Waals surface area contributed by atoms with E-state index in [4.69, 9.17) is 6.42 Å². The van der Waals surface area contributed by atoms with Crippen LogP contribution in [0.4, 0.5) is 0 Å². The van der Waals surface area contributed by atoms with Crippen molar-refractivity contribution in [3.05, 3.63) is 54.1 Å². The van der Waals surface area contributed by atoms with E-state index < -0.39 is 0 Å². The summed E-state index contributed by atoms with van der Waals surface area (Å²) in [5.41, 5.74) is 2.40. The van der Waals surface area contributed by atoms with Gasteiger partial charge in [0.15, 0.2) is 0 Å². The molecule has 0 aliphatic heterocycles. The van der Waals surface area contributed by atoms with Crippen LogP contribution in [-0.4, -0.2) is 0 Å². The van der Waals surface area contributed by atoms with Gasteiger partial charge in [0.05, 0.1) is 0 Å². The van der Waals surface area contributed by atoms with Crippen LogP contribution in [0.15, 0.2) is 48.6 Å². The molecule has 0 heterocycles. The minimum absolute atomic E-state index is 0.675. The lowest BCUT2D eigenvalue weighted by Crippen LogP contribution is -1.79. The number of hydrogen-bond donors (Lipinski definition) is 0. The summed E-state index contributed by atoms with van der Waals surface area (Å²) >= 11 is 0. The molecule has 0 unspecified atom stereocenters. The lowest BCUT2D eigenvalue weighted by atomic mass is 10.0. The summed E-state index contributed by atoms with van der Waals surface area (Å²) in [4.78, 5) is 0. The Hall–Kier alpha value is -1.74. The fourth-order valence-corrected chi connectivity index (χ4v) is 1.26. The smallest absolute Gasteiger partial charge is 0.0276 e. The molecule has 14 heavy (non-hydrogen) atoms. The first-order valence-corrected chi connectivity index (χ1v) is 4.70. The lowest BCUT2D eigenvalue weighted by molar-refractivity contribution is 1.46. The molecule has 0 spiro atoms. The quantitative estimate of drug-likeness (QED) is 0.494. The van der Waals surface area contributed by atoms with E-state index in [0.29, 0.717) is 6.42 Å². The van der Waals surface area contributed by atoms with Crippen molar-refractivity contribution < 1.29 is 0 Å². The molecule has 0 nitrogen and oxygen atoms in total. The van der Waals surface area contributed by atoms with Gasteiger partial charge in [-0.25, -0.2) is 0 Å². The summed E-state index contributed by atoms with van der Waals surface area (Å²) in [5, 5.41) is 0. The third-order valence-corrected chi connectivity index (χ3v) is 1.89. The fraction of sp³-hybridized carbons (Fsp3) is 0.143. The second kappa shape index (κ2) is 5.83. The van der Waals surface area contributed by atoms with E-state index in [2.05, 4.69) is 30.2 Å². The van der Waals surface area contributed by atoms with Crippen LogP contribution in [0.2, 0.25) is 0 Å². The standard InChI is InChI=1S/C14H14/c1-3-5-10-13(9-4-2)14-11-7-6-8-12-14/h1,4,6-12H,5H2,2H3/b9-4-,13-10+. The molecule has 1 aromatic rings. The zero-order valence-electron chi connectivity index (χ0n) is 8.40. The van der Waals surface area contributed by atoms with Gasteiger partial charge in [0.2, 0.25) is 0 Å². The molecular weight excluding hydrogens is 168 g/mol. The number of benzene rings is 1. The van der Waals surface area contributed by atoms with Gasteiger partial charge >= 0.3 is 0 Å². The van der Waals surface area contributed by atoms with Gasteiger partial charge in [-0.1, -0.05) is 48.6 Å². The van der Waals surface area contributed by atoms with Crippen molar-refractivity contribution in [2.75, 3.05) is 0 Å². The highest BCUT2D eigenvalue weighted by molar-refractivity contribution is 5.73. The monoisotopic (exact) mass is 182 g/mol. The van der Waals surface area contributed by atoms with Crippen LogP contribution in [0.3, 0.4) is 0 Å². The predicted octanol–water partition coefficient (Wildman–Crippen LogP) is 3.67. The Morgan fingerprint density at radius 3 is 2.64 bits per heavy atom. The minimum atomic E-state index is 0.675. The molecule has 0 heteroatoms. The second-order valence-corrected chi connectivity index (χ2v) is 2.93. The molecular formula is C14H14. The molecule has 0 aliphatic rings. The second-order valence-electron chi connectivity index (χ2n) is 2.93. The van der Waals surface area contributed by atoms with Crippen LogP contribution in [0.5, 0.6) is 0 Å². The van der Waals surface area contributed by atoms with E-state index in [0.717, 1.165) is 0 Å². The summed E-state index contributed by atoms with van der Waals surface area (Å²) in [6, 6.07) is 10.2. The van der Waals surface area contributed by atoms with Crippen molar-refractivity contribution in [3.8, 4) is 12.3 Å². The number of hydrogen-bond acceptors (Lipinski definition) is 0. The largest absolute Gasteiger partial charge is 0.120 e. The van der Waals surface area contributed by atoms with Gasteiger partial charge in [-0.3, -0.25) is 0 Å². The predicted molar refractivity (Wildman–Crippen MR) is 62.7 cm³/mol. The summed E-state index contributed by atoms with van der Waals surface area (Å²) in [6.45, 7) is 2.01. The van der Waals surface area contributed by atoms with Gasteiger partial charge < -0.3 is 0 Å². The number of allylic oxidation sites excluding steroid dienone is 4. The molecule has 0 atom stereocenters. The first kappa shape index (κ1) is 10.3. The summed E-state index contributed by atoms with van der Waals surface area (Å²) in [6.07, 6.45) is 12.1. The van der Waals surface area contributed by atoms with E-state index in [9.17, 15) is 0 Å². The molecule has 70 valence electrons. The molecule has 0 radical (unpaired) electrons. The Kier molecular flexibility index (Phi) is 4.31. The van der Waals surface area contributed by atoms with Gasteiger partial charge in [0, 0.05) is 6.42 Å². The fourth-order valence-electron chi connectivity index (χ4n) is 1.26. The average molecular weight is 182 g/mol. The molecule has 0 saturated carbocycles. The maximum atomic E-state index is 5.23. The Balaban J connectivity index is 2.96. The Bertz CT molecular complexity index is 361. The molecule has 1 aromatic carbocycles. The summed E-state index contributed by atoms with van der Waals surface area (Å²) in [5.74, 6) is 2.62. The topological polar surface area (TPSA) is 0 Å².